The number of carbonyl (C=O) groups is 1. The molecule has 5 nitrogen and oxygen atoms in total. The van der Waals surface area contributed by atoms with Gasteiger partial charge in [-0.15, -0.1) is 0 Å². The van der Waals surface area contributed by atoms with Crippen LogP contribution in [0.25, 0.3) is 0 Å². The van der Waals surface area contributed by atoms with Gasteiger partial charge in [-0.1, -0.05) is 44.2 Å². The minimum absolute atomic E-state index is 0.0892. The normalized spacial score (nSPS) is 14.2. The summed E-state index contributed by atoms with van der Waals surface area (Å²) in [4.78, 5) is 17.2. The van der Waals surface area contributed by atoms with Crippen LogP contribution in [0.4, 0.5) is 5.69 Å². The minimum atomic E-state index is -0.0892. The van der Waals surface area contributed by atoms with Crippen LogP contribution in [0.15, 0.2) is 52.9 Å². The number of carbonyl (C=O) groups excluding carboxylic acids is 1. The molecule has 2 heterocycles. The van der Waals surface area contributed by atoms with Crippen LogP contribution in [0.1, 0.15) is 52.6 Å². The lowest BCUT2D eigenvalue weighted by Gasteiger charge is -2.37. The van der Waals surface area contributed by atoms with Crippen LogP contribution in [-0.2, 0) is 0 Å². The molecule has 0 atom stereocenters. The van der Waals surface area contributed by atoms with Gasteiger partial charge in [-0.05, 0) is 61.1 Å². The number of para-hydroxylation sites is 1. The SMILES string of the molecule is Cc1ccc(C(C)C)cc1Oc1ccc(C(=O)N2CCN(c3c(C)cccc3C)CC2)o1. The number of nitrogens with zero attached hydrogens (tertiary/aromatic N) is 2. The van der Waals surface area contributed by atoms with Crippen molar-refractivity contribution in [3.63, 3.8) is 0 Å². The van der Waals surface area contributed by atoms with Crippen molar-refractivity contribution in [3.05, 3.63) is 76.5 Å². The molecular weight excluding hydrogens is 400 g/mol. The molecule has 32 heavy (non-hydrogen) atoms. The van der Waals surface area contributed by atoms with E-state index in [1.165, 1.54) is 22.4 Å². The molecule has 1 aliphatic heterocycles. The Morgan fingerprint density at radius 2 is 1.59 bits per heavy atom. The predicted molar refractivity (Wildman–Crippen MR) is 128 cm³/mol. The summed E-state index contributed by atoms with van der Waals surface area (Å²) in [5.74, 6) is 1.74. The number of anilines is 1. The van der Waals surface area contributed by atoms with Crippen LogP contribution in [0.2, 0.25) is 0 Å². The Bertz CT molecular complexity index is 1090. The molecule has 168 valence electrons. The maximum Gasteiger partial charge on any atom is 0.290 e. The number of aryl methyl sites for hydroxylation is 3. The average molecular weight is 433 g/mol. The number of hydrogen-bond donors (Lipinski definition) is 0. The highest BCUT2D eigenvalue weighted by Gasteiger charge is 2.26. The van der Waals surface area contributed by atoms with Gasteiger partial charge in [0.15, 0.2) is 5.76 Å². The highest BCUT2D eigenvalue weighted by Crippen LogP contribution is 2.31. The number of rotatable bonds is 5. The topological polar surface area (TPSA) is 45.9 Å². The van der Waals surface area contributed by atoms with E-state index in [2.05, 4.69) is 62.9 Å². The molecule has 1 amide bonds. The first-order valence-corrected chi connectivity index (χ1v) is 11.3. The molecule has 0 spiro atoms. The molecule has 3 aromatic rings. The summed E-state index contributed by atoms with van der Waals surface area (Å²) in [6.45, 7) is 13.5. The summed E-state index contributed by atoms with van der Waals surface area (Å²) >= 11 is 0. The van der Waals surface area contributed by atoms with Gasteiger partial charge in [0.1, 0.15) is 5.75 Å². The van der Waals surface area contributed by atoms with E-state index >= 15 is 0 Å². The van der Waals surface area contributed by atoms with E-state index in [0.717, 1.165) is 24.4 Å². The van der Waals surface area contributed by atoms with Gasteiger partial charge in [0.05, 0.1) is 0 Å². The Labute approximate surface area is 190 Å². The summed E-state index contributed by atoms with van der Waals surface area (Å²) in [5.41, 5.74) is 6.06. The molecule has 5 heteroatoms. The van der Waals surface area contributed by atoms with E-state index in [9.17, 15) is 4.79 Å². The Balaban J connectivity index is 1.41. The summed E-state index contributed by atoms with van der Waals surface area (Å²) in [7, 11) is 0. The fraction of sp³-hybridized carbons (Fsp3) is 0.370. The summed E-state index contributed by atoms with van der Waals surface area (Å²) in [6, 6.07) is 16.0. The fourth-order valence-corrected chi connectivity index (χ4v) is 4.28. The van der Waals surface area contributed by atoms with Gasteiger partial charge in [0.2, 0.25) is 0 Å². The maximum absolute atomic E-state index is 13.0. The van der Waals surface area contributed by atoms with Crippen molar-refractivity contribution in [3.8, 4) is 11.7 Å². The molecule has 1 aromatic heterocycles. The van der Waals surface area contributed by atoms with Crippen LogP contribution in [0.5, 0.6) is 11.7 Å². The lowest BCUT2D eigenvalue weighted by Crippen LogP contribution is -2.49. The van der Waals surface area contributed by atoms with Crippen molar-refractivity contribution in [1.82, 2.24) is 4.90 Å². The molecule has 2 aromatic carbocycles. The first kappa shape index (κ1) is 22.0. The van der Waals surface area contributed by atoms with Gasteiger partial charge < -0.3 is 19.0 Å². The van der Waals surface area contributed by atoms with Gasteiger partial charge in [0.25, 0.3) is 11.9 Å². The third-order valence-electron chi connectivity index (χ3n) is 6.20. The second kappa shape index (κ2) is 9.11. The molecule has 0 N–H and O–H groups in total. The smallest absolute Gasteiger partial charge is 0.290 e. The van der Waals surface area contributed by atoms with Gasteiger partial charge in [0, 0.05) is 37.9 Å². The molecule has 0 radical (unpaired) electrons. The molecule has 1 aliphatic rings. The van der Waals surface area contributed by atoms with Gasteiger partial charge in [-0.25, -0.2) is 0 Å². The Morgan fingerprint density at radius 3 is 2.25 bits per heavy atom. The third kappa shape index (κ3) is 4.52. The highest BCUT2D eigenvalue weighted by atomic mass is 16.6. The van der Waals surface area contributed by atoms with E-state index in [1.807, 2.05) is 17.9 Å². The largest absolute Gasteiger partial charge is 0.426 e. The number of ether oxygens (including phenoxy) is 1. The van der Waals surface area contributed by atoms with Crippen LogP contribution in [0, 0.1) is 20.8 Å². The van der Waals surface area contributed by atoms with Crippen molar-refractivity contribution < 1.29 is 13.9 Å². The summed E-state index contributed by atoms with van der Waals surface area (Å²) in [5, 5.41) is 0. The minimum Gasteiger partial charge on any atom is -0.426 e. The van der Waals surface area contributed by atoms with Crippen LogP contribution in [0.3, 0.4) is 0 Å². The van der Waals surface area contributed by atoms with E-state index in [1.54, 1.807) is 12.1 Å². The zero-order valence-corrected chi connectivity index (χ0v) is 19.6. The number of furan rings is 1. The summed E-state index contributed by atoms with van der Waals surface area (Å²) in [6.07, 6.45) is 0. The highest BCUT2D eigenvalue weighted by molar-refractivity contribution is 5.91. The summed E-state index contributed by atoms with van der Waals surface area (Å²) < 4.78 is 11.8. The average Bonchev–Trinajstić information content (AvgIpc) is 3.23. The lowest BCUT2D eigenvalue weighted by atomic mass is 10.0. The van der Waals surface area contributed by atoms with Gasteiger partial charge >= 0.3 is 0 Å². The van der Waals surface area contributed by atoms with Crippen molar-refractivity contribution >= 4 is 11.6 Å². The molecule has 0 saturated carbocycles. The molecular formula is C27H32N2O3. The molecule has 0 aliphatic carbocycles. The first-order chi connectivity index (χ1) is 15.3. The number of amides is 1. The van der Waals surface area contributed by atoms with E-state index in [-0.39, 0.29) is 5.91 Å². The third-order valence-corrected chi connectivity index (χ3v) is 6.20. The van der Waals surface area contributed by atoms with Crippen LogP contribution in [-0.4, -0.2) is 37.0 Å². The number of benzene rings is 2. The Morgan fingerprint density at radius 1 is 0.906 bits per heavy atom. The molecule has 4 rings (SSSR count). The second-order valence-corrected chi connectivity index (χ2v) is 8.92. The van der Waals surface area contributed by atoms with Crippen LogP contribution < -0.4 is 9.64 Å². The first-order valence-electron chi connectivity index (χ1n) is 11.3. The van der Waals surface area contributed by atoms with Crippen LogP contribution >= 0.6 is 0 Å². The lowest BCUT2D eigenvalue weighted by molar-refractivity contribution is 0.0709. The standard InChI is InChI=1S/C27H32N2O3/c1-18(2)22-10-9-19(3)24(17-22)32-25-12-11-23(31-25)27(30)29-15-13-28(14-16-29)26-20(4)7-6-8-21(26)5/h6-12,17-18H,13-16H2,1-5H3. The fourth-order valence-electron chi connectivity index (χ4n) is 4.28. The molecule has 0 unspecified atom stereocenters. The Hall–Kier alpha value is -3.21. The van der Waals surface area contributed by atoms with Gasteiger partial charge in [-0.2, -0.15) is 0 Å². The zero-order valence-electron chi connectivity index (χ0n) is 19.6. The molecule has 1 fully saturated rings. The zero-order chi connectivity index (χ0) is 22.8. The van der Waals surface area contributed by atoms with Gasteiger partial charge in [-0.3, -0.25) is 4.79 Å². The van der Waals surface area contributed by atoms with Crippen molar-refractivity contribution in [2.24, 2.45) is 0 Å². The van der Waals surface area contributed by atoms with E-state index in [4.69, 9.17) is 9.15 Å². The quantitative estimate of drug-likeness (QED) is 0.490. The predicted octanol–water partition coefficient (Wildman–Crippen LogP) is 6.08. The monoisotopic (exact) mass is 432 g/mol. The molecule has 0 bridgehead atoms. The Kier molecular flexibility index (Phi) is 6.26. The second-order valence-electron chi connectivity index (χ2n) is 8.92. The number of hydrogen-bond acceptors (Lipinski definition) is 4. The van der Waals surface area contributed by atoms with E-state index < -0.39 is 0 Å². The van der Waals surface area contributed by atoms with E-state index in [0.29, 0.717) is 30.7 Å². The molecule has 1 saturated heterocycles. The maximum atomic E-state index is 13.0. The van der Waals surface area contributed by atoms with Crippen molar-refractivity contribution in [2.75, 3.05) is 31.1 Å². The van der Waals surface area contributed by atoms with Crippen molar-refractivity contribution in [2.45, 2.75) is 40.5 Å². The number of piperazine rings is 1. The van der Waals surface area contributed by atoms with Crippen molar-refractivity contribution in [1.29, 1.82) is 0 Å².